The monoisotopic (exact) mass is 830 g/mol. The van der Waals surface area contributed by atoms with Crippen molar-refractivity contribution in [3.05, 3.63) is 48.2 Å². The third-order valence-corrected chi connectivity index (χ3v) is 11.6. The number of esters is 1. The molecule has 0 unspecified atom stereocenters. The second-order valence-corrected chi connectivity index (χ2v) is 15.0. The number of carbonyl (C=O) groups is 1. The van der Waals surface area contributed by atoms with Gasteiger partial charge >= 0.3 is 5.97 Å². The molecule has 6 aliphatic rings. The van der Waals surface area contributed by atoms with Gasteiger partial charge in [0.1, 0.15) is 78.5 Å². The normalized spacial score (nSPS) is 47.2. The van der Waals surface area contributed by atoms with Gasteiger partial charge in [0, 0.05) is 12.0 Å². The third-order valence-electron chi connectivity index (χ3n) is 11.6. The van der Waals surface area contributed by atoms with E-state index in [1.165, 1.54) is 26.4 Å². The highest BCUT2D eigenvalue weighted by Gasteiger charge is 2.77. The smallest absolute Gasteiger partial charge is 0.331 e. The fourth-order valence-electron chi connectivity index (χ4n) is 8.27. The maximum atomic E-state index is 13.2. The summed E-state index contributed by atoms with van der Waals surface area (Å²) in [6.07, 6.45) is -21.7. The lowest BCUT2D eigenvalue weighted by atomic mass is 9.85. The summed E-state index contributed by atoms with van der Waals surface area (Å²) in [5.74, 6) is -1.80. The summed E-state index contributed by atoms with van der Waals surface area (Å²) in [6.45, 7) is -0.527. The Morgan fingerprint density at radius 2 is 1.31 bits per heavy atom. The SMILES string of the molecule is COc1ccc(/C=C/C(=O)O[C@@H]2[C@@H](O[C@@H]3O[C@H](CO)[C@@H](O)[C@H](O)[C@H]3O)[C@@H](O)[C@H](O[C@H]3[C@H]4C=CO[C@@H](O[C@@H]5O[C@H](CO)[C@@H](O)[C@H](O)[C@H]5O)[C@H]4[C@@]4(CO)O[C@@H]34)O[C@H]2C)cc1. The molecule has 21 nitrogen and oxygen atoms in total. The minimum Gasteiger partial charge on any atom is -0.497 e. The van der Waals surface area contributed by atoms with E-state index in [1.807, 2.05) is 0 Å². The van der Waals surface area contributed by atoms with E-state index >= 15 is 0 Å². The van der Waals surface area contributed by atoms with Gasteiger partial charge in [-0.3, -0.25) is 0 Å². The van der Waals surface area contributed by atoms with Crippen LogP contribution in [0.5, 0.6) is 5.75 Å². The topological polar surface area (TPSA) is 315 Å². The van der Waals surface area contributed by atoms with E-state index in [0.717, 1.165) is 6.08 Å². The number of hydrogen-bond donors (Lipinski definition) is 10. The predicted molar refractivity (Wildman–Crippen MR) is 186 cm³/mol. The van der Waals surface area contributed by atoms with Crippen molar-refractivity contribution < 1.29 is 103 Å². The number of hydrogen-bond acceptors (Lipinski definition) is 21. The van der Waals surface area contributed by atoms with Crippen molar-refractivity contribution in [3.8, 4) is 5.75 Å². The van der Waals surface area contributed by atoms with Gasteiger partial charge in [0.25, 0.3) is 0 Å². The van der Waals surface area contributed by atoms with Crippen LogP contribution in [0, 0.1) is 11.8 Å². The maximum absolute atomic E-state index is 13.2. The molecular weight excluding hydrogens is 780 g/mol. The summed E-state index contributed by atoms with van der Waals surface area (Å²) in [6, 6.07) is 6.78. The average Bonchev–Trinajstić information content (AvgIpc) is 3.90. The van der Waals surface area contributed by atoms with E-state index in [9.17, 15) is 55.9 Å². The van der Waals surface area contributed by atoms with Gasteiger partial charge in [-0.1, -0.05) is 12.1 Å². The van der Waals surface area contributed by atoms with Crippen LogP contribution in [0.15, 0.2) is 42.7 Å². The van der Waals surface area contributed by atoms with Gasteiger partial charge in [-0.15, -0.1) is 0 Å². The molecule has 0 bridgehead atoms. The zero-order valence-corrected chi connectivity index (χ0v) is 31.2. The summed E-state index contributed by atoms with van der Waals surface area (Å²) in [5, 5.41) is 105. The van der Waals surface area contributed by atoms with Crippen molar-refractivity contribution in [1.29, 1.82) is 0 Å². The van der Waals surface area contributed by atoms with Crippen molar-refractivity contribution in [1.82, 2.24) is 0 Å². The van der Waals surface area contributed by atoms with Crippen LogP contribution in [0.4, 0.5) is 0 Å². The van der Waals surface area contributed by atoms with Crippen LogP contribution in [0.3, 0.4) is 0 Å². The zero-order chi connectivity index (χ0) is 41.6. The lowest BCUT2D eigenvalue weighted by Crippen LogP contribution is -2.65. The minimum absolute atomic E-state index is 0.556. The lowest BCUT2D eigenvalue weighted by Gasteiger charge is -2.47. The van der Waals surface area contributed by atoms with E-state index in [2.05, 4.69) is 0 Å². The Kier molecular flexibility index (Phi) is 13.1. The Balaban J connectivity index is 1.10. The summed E-state index contributed by atoms with van der Waals surface area (Å²) < 4.78 is 58.0. The van der Waals surface area contributed by atoms with E-state index in [0.29, 0.717) is 11.3 Å². The fraction of sp³-hybridized carbons (Fsp3) is 0.703. The van der Waals surface area contributed by atoms with Crippen LogP contribution >= 0.6 is 0 Å². The van der Waals surface area contributed by atoms with Crippen molar-refractivity contribution in [2.45, 2.75) is 123 Å². The Morgan fingerprint density at radius 3 is 1.90 bits per heavy atom. The van der Waals surface area contributed by atoms with Crippen LogP contribution < -0.4 is 4.74 Å². The zero-order valence-electron chi connectivity index (χ0n) is 31.2. The molecule has 7 rings (SSSR count). The van der Waals surface area contributed by atoms with Crippen LogP contribution in [-0.2, 0) is 47.4 Å². The first kappa shape index (κ1) is 43.2. The fourth-order valence-corrected chi connectivity index (χ4v) is 8.27. The Morgan fingerprint density at radius 1 is 0.724 bits per heavy atom. The van der Waals surface area contributed by atoms with E-state index < -0.39 is 154 Å². The second kappa shape index (κ2) is 17.6. The molecule has 0 amide bonds. The van der Waals surface area contributed by atoms with Gasteiger partial charge in [0.15, 0.2) is 25.0 Å². The van der Waals surface area contributed by atoms with Gasteiger partial charge in [-0.05, 0) is 36.8 Å². The molecule has 10 N–H and O–H groups in total. The van der Waals surface area contributed by atoms with Crippen molar-refractivity contribution in [2.24, 2.45) is 11.8 Å². The van der Waals surface area contributed by atoms with Crippen LogP contribution in [0.1, 0.15) is 12.5 Å². The first-order valence-electron chi connectivity index (χ1n) is 18.8. The number of aliphatic hydroxyl groups is 10. The largest absolute Gasteiger partial charge is 0.497 e. The summed E-state index contributed by atoms with van der Waals surface area (Å²) in [4.78, 5) is 13.2. The van der Waals surface area contributed by atoms with Gasteiger partial charge in [-0.25, -0.2) is 4.79 Å². The van der Waals surface area contributed by atoms with Crippen LogP contribution in [0.2, 0.25) is 0 Å². The van der Waals surface area contributed by atoms with Crippen molar-refractivity contribution in [3.63, 3.8) is 0 Å². The first-order valence-corrected chi connectivity index (χ1v) is 18.8. The van der Waals surface area contributed by atoms with Gasteiger partial charge in [0.2, 0.25) is 6.29 Å². The Bertz CT molecular complexity index is 1610. The predicted octanol–water partition coefficient (Wildman–Crippen LogP) is -4.64. The highest BCUT2D eigenvalue weighted by atomic mass is 16.8. The minimum atomic E-state index is -1.89. The molecule has 4 saturated heterocycles. The molecule has 1 aromatic carbocycles. The maximum Gasteiger partial charge on any atom is 0.331 e. The highest BCUT2D eigenvalue weighted by molar-refractivity contribution is 5.87. The van der Waals surface area contributed by atoms with E-state index in [1.54, 1.807) is 30.3 Å². The Hall–Kier alpha value is -2.91. The second-order valence-electron chi connectivity index (χ2n) is 15.0. The van der Waals surface area contributed by atoms with Gasteiger partial charge < -0.3 is 98.4 Å². The number of methoxy groups -OCH3 is 1. The molecule has 1 aromatic rings. The number of carbonyl (C=O) groups excluding carboxylic acids is 1. The summed E-state index contributed by atoms with van der Waals surface area (Å²) in [5.41, 5.74) is -0.697. The number of aliphatic hydroxyl groups excluding tert-OH is 10. The first-order chi connectivity index (χ1) is 27.8. The average molecular weight is 831 g/mol. The van der Waals surface area contributed by atoms with E-state index in [4.69, 9.17) is 47.4 Å². The van der Waals surface area contributed by atoms with Crippen LogP contribution in [-0.4, -0.2) is 200 Å². The number of epoxide rings is 1. The molecule has 58 heavy (non-hydrogen) atoms. The number of fused-ring (bicyclic) bond motifs is 3. The molecule has 0 aromatic heterocycles. The molecule has 324 valence electrons. The molecule has 21 atom stereocenters. The molecule has 0 radical (unpaired) electrons. The molecule has 1 saturated carbocycles. The molecule has 0 spiro atoms. The molecule has 5 fully saturated rings. The van der Waals surface area contributed by atoms with Crippen LogP contribution in [0.25, 0.3) is 6.08 Å². The molecule has 1 aliphatic carbocycles. The van der Waals surface area contributed by atoms with Gasteiger partial charge in [-0.2, -0.15) is 0 Å². The quantitative estimate of drug-likeness (QED) is 0.0508. The van der Waals surface area contributed by atoms with Crippen molar-refractivity contribution >= 4 is 12.0 Å². The number of rotatable bonds is 13. The van der Waals surface area contributed by atoms with Crippen molar-refractivity contribution in [2.75, 3.05) is 26.9 Å². The Labute approximate surface area is 331 Å². The molecule has 5 aliphatic heterocycles. The number of benzene rings is 1. The molecule has 5 heterocycles. The lowest BCUT2D eigenvalue weighted by molar-refractivity contribution is -0.364. The summed E-state index contributed by atoms with van der Waals surface area (Å²) in [7, 11) is 1.51. The van der Waals surface area contributed by atoms with Gasteiger partial charge in [0.05, 0.1) is 51.3 Å². The third kappa shape index (κ3) is 8.01. The molecular formula is C37H50O21. The highest BCUT2D eigenvalue weighted by Crippen LogP contribution is 2.61. The number of ether oxygens (including phenoxy) is 10. The van der Waals surface area contributed by atoms with E-state index in [-0.39, 0.29) is 0 Å². The standard InChI is InChI=1S/C37H50O21/c1-14-29(54-20(41)8-5-15-3-6-16(49-2)7-4-15)31(56-34-26(46)24(44)22(42)18(11-38)52-34)28(48)36(51-14)55-30-17-9-10-50-33(21(17)37(13-40)32(30)58-37)57-35-27(47)25(45)23(43)19(12-39)53-35/h3-10,14,17-19,21-36,38-40,42-48H,11-13H2,1-2H3/b8-5+/t14-,17-,18+,19+,21-,22+,23+,24-,25-,26+,27+,28+,29-,30-,31-,32-,33-,34-,35-,36-,37+/m0/s1. The molecule has 21 heteroatoms. The summed E-state index contributed by atoms with van der Waals surface area (Å²) >= 11 is 0.